The van der Waals surface area contributed by atoms with Crippen molar-refractivity contribution in [3.05, 3.63) is 23.8 Å². The van der Waals surface area contributed by atoms with Crippen LogP contribution in [0.25, 0.3) is 0 Å². The highest BCUT2D eigenvalue weighted by molar-refractivity contribution is 5.96. The number of aliphatic hydroxyl groups is 1. The zero-order chi connectivity index (χ0) is 14.7. The molecule has 6 heteroatoms. The smallest absolute Gasteiger partial charge is 0.253 e. The number of nitrogens with zero attached hydrogens (tertiary/aromatic N) is 2. The molecule has 0 aliphatic carbocycles. The van der Waals surface area contributed by atoms with Crippen LogP contribution in [0, 0.1) is 0 Å². The summed E-state index contributed by atoms with van der Waals surface area (Å²) < 4.78 is 5.43. The molecular formula is C14H21N3O3. The predicted molar refractivity (Wildman–Crippen MR) is 77.9 cm³/mol. The lowest BCUT2D eigenvalue weighted by atomic mass is 10.1. The van der Waals surface area contributed by atoms with Gasteiger partial charge in [0, 0.05) is 32.7 Å². The number of aliphatic hydroxyl groups excluding tert-OH is 1. The van der Waals surface area contributed by atoms with Gasteiger partial charge >= 0.3 is 0 Å². The number of amides is 1. The van der Waals surface area contributed by atoms with E-state index in [2.05, 4.69) is 0 Å². The molecule has 1 aliphatic rings. The van der Waals surface area contributed by atoms with Crippen LogP contribution in [-0.4, -0.2) is 62.4 Å². The van der Waals surface area contributed by atoms with Gasteiger partial charge in [-0.3, -0.25) is 4.79 Å². The van der Waals surface area contributed by atoms with E-state index in [1.54, 1.807) is 32.3 Å². The molecule has 20 heavy (non-hydrogen) atoms. The first-order chi connectivity index (χ1) is 9.52. The second kappa shape index (κ2) is 6.11. The van der Waals surface area contributed by atoms with Crippen LogP contribution in [0.2, 0.25) is 0 Å². The number of nitrogens with two attached hydrogens (primary N) is 1. The molecule has 1 aromatic rings. The van der Waals surface area contributed by atoms with Gasteiger partial charge in [-0.2, -0.15) is 0 Å². The molecule has 1 unspecified atom stereocenters. The number of benzene rings is 1. The molecular weight excluding hydrogens is 258 g/mol. The van der Waals surface area contributed by atoms with Crippen molar-refractivity contribution in [1.29, 1.82) is 0 Å². The Morgan fingerprint density at radius 3 is 2.95 bits per heavy atom. The number of anilines is 2. The molecule has 3 N–H and O–H groups in total. The third kappa shape index (κ3) is 3.02. The van der Waals surface area contributed by atoms with Crippen molar-refractivity contribution in [2.24, 2.45) is 0 Å². The number of nitrogen functional groups attached to an aromatic ring is 1. The molecule has 0 bridgehead atoms. The first-order valence-corrected chi connectivity index (χ1v) is 6.61. The topological polar surface area (TPSA) is 79.0 Å². The lowest BCUT2D eigenvalue weighted by molar-refractivity contribution is 0.00360. The largest absolute Gasteiger partial charge is 0.397 e. The lowest BCUT2D eigenvalue weighted by Crippen LogP contribution is -2.44. The van der Waals surface area contributed by atoms with Crippen LogP contribution in [-0.2, 0) is 4.74 Å². The van der Waals surface area contributed by atoms with Crippen molar-refractivity contribution >= 4 is 17.3 Å². The fourth-order valence-corrected chi connectivity index (χ4v) is 2.26. The summed E-state index contributed by atoms with van der Waals surface area (Å²) >= 11 is 0. The number of carbonyl (C=O) groups is 1. The normalized spacial score (nSPS) is 18.9. The number of morpholine rings is 1. The molecule has 6 nitrogen and oxygen atoms in total. The summed E-state index contributed by atoms with van der Waals surface area (Å²) in [4.78, 5) is 15.6. The van der Waals surface area contributed by atoms with E-state index in [9.17, 15) is 9.90 Å². The highest BCUT2D eigenvalue weighted by Gasteiger charge is 2.22. The summed E-state index contributed by atoms with van der Waals surface area (Å²) in [7, 11) is 3.43. The SMILES string of the molecule is CN(C)C(=O)c1ccc(N)c(N2CCOC(CO)C2)c1. The molecule has 1 amide bonds. The second-order valence-corrected chi connectivity index (χ2v) is 5.09. The highest BCUT2D eigenvalue weighted by Crippen LogP contribution is 2.26. The van der Waals surface area contributed by atoms with Crippen LogP contribution in [0.1, 0.15) is 10.4 Å². The Morgan fingerprint density at radius 1 is 1.55 bits per heavy atom. The zero-order valence-electron chi connectivity index (χ0n) is 11.9. The van der Waals surface area contributed by atoms with Crippen molar-refractivity contribution < 1.29 is 14.6 Å². The summed E-state index contributed by atoms with van der Waals surface area (Å²) in [6, 6.07) is 5.28. The number of rotatable bonds is 3. The molecule has 2 rings (SSSR count). The minimum atomic E-state index is -0.212. The maximum Gasteiger partial charge on any atom is 0.253 e. The Kier molecular flexibility index (Phi) is 4.46. The average molecular weight is 279 g/mol. The van der Waals surface area contributed by atoms with Crippen LogP contribution in [0.4, 0.5) is 11.4 Å². The van der Waals surface area contributed by atoms with E-state index in [-0.39, 0.29) is 18.6 Å². The predicted octanol–water partition coefficient (Wildman–Crippen LogP) is 0.168. The van der Waals surface area contributed by atoms with Crippen molar-refractivity contribution in [3.63, 3.8) is 0 Å². The van der Waals surface area contributed by atoms with Gasteiger partial charge in [-0.05, 0) is 18.2 Å². The fraction of sp³-hybridized carbons (Fsp3) is 0.500. The van der Waals surface area contributed by atoms with Gasteiger partial charge in [-0.15, -0.1) is 0 Å². The number of ether oxygens (including phenoxy) is 1. The van der Waals surface area contributed by atoms with Crippen LogP contribution >= 0.6 is 0 Å². The van der Waals surface area contributed by atoms with Gasteiger partial charge in [0.1, 0.15) is 0 Å². The molecule has 1 heterocycles. The summed E-state index contributed by atoms with van der Waals surface area (Å²) in [5.41, 5.74) is 8.06. The molecule has 0 spiro atoms. The van der Waals surface area contributed by atoms with Crippen LogP contribution in [0.5, 0.6) is 0 Å². The van der Waals surface area contributed by atoms with Gasteiger partial charge < -0.3 is 25.4 Å². The van der Waals surface area contributed by atoms with E-state index in [0.29, 0.717) is 30.9 Å². The first-order valence-electron chi connectivity index (χ1n) is 6.61. The number of hydrogen-bond donors (Lipinski definition) is 2. The van der Waals surface area contributed by atoms with Crippen LogP contribution < -0.4 is 10.6 Å². The summed E-state index contributed by atoms with van der Waals surface area (Å²) in [6.07, 6.45) is -0.212. The van der Waals surface area contributed by atoms with Gasteiger partial charge in [0.15, 0.2) is 0 Å². The maximum absolute atomic E-state index is 12.0. The van der Waals surface area contributed by atoms with Gasteiger partial charge in [-0.25, -0.2) is 0 Å². The highest BCUT2D eigenvalue weighted by atomic mass is 16.5. The van der Waals surface area contributed by atoms with E-state index in [4.69, 9.17) is 10.5 Å². The number of hydrogen-bond acceptors (Lipinski definition) is 5. The Hall–Kier alpha value is -1.79. The first kappa shape index (κ1) is 14.6. The Labute approximate surface area is 118 Å². The molecule has 1 atom stereocenters. The Morgan fingerprint density at radius 2 is 2.30 bits per heavy atom. The van der Waals surface area contributed by atoms with E-state index >= 15 is 0 Å². The van der Waals surface area contributed by atoms with Gasteiger partial charge in [0.2, 0.25) is 0 Å². The minimum absolute atomic E-state index is 0.0211. The second-order valence-electron chi connectivity index (χ2n) is 5.09. The third-order valence-corrected chi connectivity index (χ3v) is 3.37. The van der Waals surface area contributed by atoms with Crippen molar-refractivity contribution in [2.45, 2.75) is 6.10 Å². The molecule has 1 fully saturated rings. The lowest BCUT2D eigenvalue weighted by Gasteiger charge is -2.34. The molecule has 0 radical (unpaired) electrons. The summed E-state index contributed by atoms with van der Waals surface area (Å²) in [5, 5.41) is 9.20. The molecule has 1 saturated heterocycles. The van der Waals surface area contributed by atoms with Crippen LogP contribution in [0.3, 0.4) is 0 Å². The van der Waals surface area contributed by atoms with Crippen molar-refractivity contribution in [3.8, 4) is 0 Å². The molecule has 0 aromatic heterocycles. The third-order valence-electron chi connectivity index (χ3n) is 3.37. The number of carbonyl (C=O) groups excluding carboxylic acids is 1. The van der Waals surface area contributed by atoms with Crippen molar-refractivity contribution in [1.82, 2.24) is 4.90 Å². The van der Waals surface area contributed by atoms with Crippen molar-refractivity contribution in [2.75, 3.05) is 51.0 Å². The van der Waals surface area contributed by atoms with E-state index in [0.717, 1.165) is 5.69 Å². The quantitative estimate of drug-likeness (QED) is 0.771. The molecule has 1 aromatic carbocycles. The Balaban J connectivity index is 2.26. The zero-order valence-corrected chi connectivity index (χ0v) is 11.9. The maximum atomic E-state index is 12.0. The molecule has 110 valence electrons. The van der Waals surface area contributed by atoms with E-state index < -0.39 is 0 Å². The minimum Gasteiger partial charge on any atom is -0.397 e. The van der Waals surface area contributed by atoms with E-state index in [1.165, 1.54) is 4.90 Å². The van der Waals surface area contributed by atoms with Gasteiger partial charge in [0.25, 0.3) is 5.91 Å². The average Bonchev–Trinajstić information content (AvgIpc) is 2.47. The Bertz CT molecular complexity index is 491. The molecule has 1 aliphatic heterocycles. The fourth-order valence-electron chi connectivity index (χ4n) is 2.26. The van der Waals surface area contributed by atoms with Crippen LogP contribution in [0.15, 0.2) is 18.2 Å². The summed E-state index contributed by atoms with van der Waals surface area (Å²) in [5.74, 6) is -0.0572. The van der Waals surface area contributed by atoms with Gasteiger partial charge in [-0.1, -0.05) is 0 Å². The summed E-state index contributed by atoms with van der Waals surface area (Å²) in [6.45, 7) is 1.78. The standard InChI is InChI=1S/C14H21N3O3/c1-16(2)14(19)10-3-4-12(15)13(7-10)17-5-6-20-11(8-17)9-18/h3-4,7,11,18H,5-6,8-9,15H2,1-2H3. The van der Waals surface area contributed by atoms with Gasteiger partial charge in [0.05, 0.1) is 30.7 Å². The molecule has 0 saturated carbocycles. The van der Waals surface area contributed by atoms with E-state index in [1.807, 2.05) is 4.90 Å². The monoisotopic (exact) mass is 279 g/mol.